The minimum atomic E-state index is -0.0794. The average Bonchev–Trinajstić information content (AvgIpc) is 2.16. The van der Waals surface area contributed by atoms with Crippen LogP contribution in [0.15, 0.2) is 12.2 Å². The molecule has 78 valence electrons. The van der Waals surface area contributed by atoms with Gasteiger partial charge >= 0.3 is 0 Å². The lowest BCUT2D eigenvalue weighted by atomic mass is 10.2. The van der Waals surface area contributed by atoms with Gasteiger partial charge in [0.1, 0.15) is 6.04 Å². The summed E-state index contributed by atoms with van der Waals surface area (Å²) in [5.74, 6) is 0.254. The maximum Gasteiger partial charge on any atom is 0.246 e. The number of likely N-dealkylation sites (N-methyl/N-ethyl adjacent to an activating group) is 1. The van der Waals surface area contributed by atoms with E-state index < -0.39 is 0 Å². The molecule has 0 aromatic heterocycles. The Bertz CT molecular complexity index is 245. The number of amides is 1. The Kier molecular flexibility index (Phi) is 6.87. The van der Waals surface area contributed by atoms with E-state index in [2.05, 4.69) is 4.85 Å². The van der Waals surface area contributed by atoms with Gasteiger partial charge in [-0.05, 0) is 13.8 Å². The van der Waals surface area contributed by atoms with Gasteiger partial charge in [0.05, 0.1) is 0 Å². The highest BCUT2D eigenvalue weighted by molar-refractivity contribution is 6.19. The van der Waals surface area contributed by atoms with Crippen LogP contribution in [0.1, 0.15) is 13.8 Å². The van der Waals surface area contributed by atoms with Crippen molar-refractivity contribution in [2.45, 2.75) is 19.9 Å². The molecule has 0 saturated heterocycles. The van der Waals surface area contributed by atoms with Crippen LogP contribution in [-0.4, -0.2) is 35.8 Å². The lowest BCUT2D eigenvalue weighted by molar-refractivity contribution is -0.127. The van der Waals surface area contributed by atoms with Gasteiger partial charge in [0.2, 0.25) is 12.5 Å². The van der Waals surface area contributed by atoms with E-state index in [1.807, 2.05) is 13.8 Å². The fourth-order valence-corrected chi connectivity index (χ4v) is 1.25. The number of alkyl halides is 1. The van der Waals surface area contributed by atoms with Crippen molar-refractivity contribution in [2.75, 3.05) is 19.0 Å². The average molecular weight is 215 g/mol. The largest absolute Gasteiger partial charge is 0.329 e. The molecule has 1 amide bonds. The van der Waals surface area contributed by atoms with Crippen LogP contribution in [0.3, 0.4) is 0 Å². The number of rotatable bonds is 5. The minimum Gasteiger partial charge on any atom is -0.329 e. The predicted molar refractivity (Wildman–Crippen MR) is 58.2 cm³/mol. The van der Waals surface area contributed by atoms with E-state index in [9.17, 15) is 4.79 Å². The second-order valence-electron chi connectivity index (χ2n) is 2.87. The molecule has 0 rings (SSSR count). The van der Waals surface area contributed by atoms with Crippen molar-refractivity contribution in [3.63, 3.8) is 0 Å². The summed E-state index contributed by atoms with van der Waals surface area (Å²) in [5, 5.41) is 0. The standard InChI is InChI=1S/C10H15ClN2O/c1-4-13(9(2)8-12-3)10(14)6-5-7-11/h5-6,9H,4,7-8H2,1-2H3/b6-5+/t9-/m1/s1. The second-order valence-corrected chi connectivity index (χ2v) is 3.18. The van der Waals surface area contributed by atoms with Crippen molar-refractivity contribution >= 4 is 17.5 Å². The molecule has 0 N–H and O–H groups in total. The van der Waals surface area contributed by atoms with E-state index >= 15 is 0 Å². The first-order valence-electron chi connectivity index (χ1n) is 4.53. The van der Waals surface area contributed by atoms with Gasteiger partial charge in [0, 0.05) is 18.5 Å². The van der Waals surface area contributed by atoms with Gasteiger partial charge in [0.15, 0.2) is 0 Å². The Morgan fingerprint density at radius 2 is 2.36 bits per heavy atom. The number of hydrogen-bond donors (Lipinski definition) is 0. The summed E-state index contributed by atoms with van der Waals surface area (Å²) in [4.78, 5) is 16.5. The molecule has 0 aromatic rings. The van der Waals surface area contributed by atoms with Crippen LogP contribution in [0.5, 0.6) is 0 Å². The molecule has 4 heteroatoms. The molecule has 0 radical (unpaired) electrons. The third-order valence-electron chi connectivity index (χ3n) is 1.86. The molecule has 0 aliphatic rings. The van der Waals surface area contributed by atoms with E-state index in [-0.39, 0.29) is 11.9 Å². The van der Waals surface area contributed by atoms with Crippen LogP contribution in [0.4, 0.5) is 0 Å². The van der Waals surface area contributed by atoms with Crippen LogP contribution in [-0.2, 0) is 4.79 Å². The minimum absolute atomic E-state index is 0.0371. The molecule has 14 heavy (non-hydrogen) atoms. The zero-order valence-electron chi connectivity index (χ0n) is 8.53. The van der Waals surface area contributed by atoms with Gasteiger partial charge in [-0.15, -0.1) is 11.6 Å². The van der Waals surface area contributed by atoms with E-state index in [0.29, 0.717) is 19.0 Å². The monoisotopic (exact) mass is 214 g/mol. The molecule has 0 aliphatic carbocycles. The number of carbonyl (C=O) groups excluding carboxylic acids is 1. The number of carbonyl (C=O) groups is 1. The molecule has 3 nitrogen and oxygen atoms in total. The summed E-state index contributed by atoms with van der Waals surface area (Å²) in [5.41, 5.74) is 0. The molecule has 0 heterocycles. The lowest BCUT2D eigenvalue weighted by Crippen LogP contribution is -2.38. The number of allylic oxidation sites excluding steroid dienone is 1. The van der Waals surface area contributed by atoms with Crippen LogP contribution in [0.2, 0.25) is 0 Å². The summed E-state index contributed by atoms with van der Waals surface area (Å²) in [6.45, 7) is 11.4. The van der Waals surface area contributed by atoms with E-state index in [0.717, 1.165) is 0 Å². The SMILES string of the molecule is [C-]#[N+]C[C@@H](C)N(CC)C(=O)/C=C/CCl. The normalized spacial score (nSPS) is 12.4. The number of nitrogens with zero attached hydrogens (tertiary/aromatic N) is 2. The van der Waals surface area contributed by atoms with Crippen LogP contribution in [0, 0.1) is 6.57 Å². The smallest absolute Gasteiger partial charge is 0.246 e. The molecule has 0 aromatic carbocycles. The van der Waals surface area contributed by atoms with Crippen molar-refractivity contribution in [1.82, 2.24) is 4.90 Å². The fraction of sp³-hybridized carbons (Fsp3) is 0.600. The molecule has 0 aliphatic heterocycles. The molecule has 0 fully saturated rings. The van der Waals surface area contributed by atoms with Gasteiger partial charge in [-0.1, -0.05) is 6.08 Å². The van der Waals surface area contributed by atoms with E-state index in [1.54, 1.807) is 11.0 Å². The molecule has 0 spiro atoms. The van der Waals surface area contributed by atoms with Gasteiger partial charge in [0.25, 0.3) is 0 Å². The van der Waals surface area contributed by atoms with Gasteiger partial charge in [-0.3, -0.25) is 4.79 Å². The quantitative estimate of drug-likeness (QED) is 0.390. The third-order valence-corrected chi connectivity index (χ3v) is 2.04. The van der Waals surface area contributed by atoms with Crippen LogP contribution in [0.25, 0.3) is 4.85 Å². The Morgan fingerprint density at radius 1 is 1.71 bits per heavy atom. The highest BCUT2D eigenvalue weighted by atomic mass is 35.5. The molecular weight excluding hydrogens is 200 g/mol. The summed E-state index contributed by atoms with van der Waals surface area (Å²) in [6.07, 6.45) is 3.06. The number of halogens is 1. The Morgan fingerprint density at radius 3 is 2.79 bits per heavy atom. The molecule has 1 atom stereocenters. The highest BCUT2D eigenvalue weighted by Crippen LogP contribution is 2.01. The van der Waals surface area contributed by atoms with E-state index in [4.69, 9.17) is 18.2 Å². The Hall–Kier alpha value is -1.01. The summed E-state index contributed by atoms with van der Waals surface area (Å²) in [7, 11) is 0. The lowest BCUT2D eigenvalue weighted by Gasteiger charge is -2.22. The first-order chi connectivity index (χ1) is 6.67. The Labute approximate surface area is 90.2 Å². The summed E-state index contributed by atoms with van der Waals surface area (Å²) < 4.78 is 0. The first-order valence-corrected chi connectivity index (χ1v) is 5.07. The topological polar surface area (TPSA) is 24.7 Å². The third kappa shape index (κ3) is 4.29. The van der Waals surface area contributed by atoms with Gasteiger partial charge in [-0.2, -0.15) is 0 Å². The zero-order valence-corrected chi connectivity index (χ0v) is 9.29. The molecule has 0 saturated carbocycles. The fourth-order valence-electron chi connectivity index (χ4n) is 1.16. The van der Waals surface area contributed by atoms with Gasteiger partial charge in [-0.25, -0.2) is 6.57 Å². The van der Waals surface area contributed by atoms with Crippen LogP contribution >= 0.6 is 11.6 Å². The van der Waals surface area contributed by atoms with Crippen molar-refractivity contribution in [1.29, 1.82) is 0 Å². The van der Waals surface area contributed by atoms with E-state index in [1.165, 1.54) is 6.08 Å². The summed E-state index contributed by atoms with van der Waals surface area (Å²) in [6, 6.07) is -0.0371. The maximum atomic E-state index is 11.5. The Balaban J connectivity index is 4.33. The molecular formula is C10H15ClN2O. The predicted octanol–water partition coefficient (Wildman–Crippen LogP) is 1.94. The number of hydrogen-bond acceptors (Lipinski definition) is 1. The molecule has 0 unspecified atom stereocenters. The maximum absolute atomic E-state index is 11.5. The second kappa shape index (κ2) is 7.40. The van der Waals surface area contributed by atoms with Gasteiger partial charge < -0.3 is 9.74 Å². The van der Waals surface area contributed by atoms with Crippen molar-refractivity contribution < 1.29 is 4.79 Å². The first kappa shape index (κ1) is 13.0. The van der Waals surface area contributed by atoms with Crippen LogP contribution < -0.4 is 0 Å². The van der Waals surface area contributed by atoms with Crippen molar-refractivity contribution in [3.05, 3.63) is 23.6 Å². The van der Waals surface area contributed by atoms with Crippen molar-refractivity contribution in [2.24, 2.45) is 0 Å². The highest BCUT2D eigenvalue weighted by Gasteiger charge is 2.17. The summed E-state index contributed by atoms with van der Waals surface area (Å²) >= 11 is 5.43. The van der Waals surface area contributed by atoms with Crippen molar-refractivity contribution in [3.8, 4) is 0 Å². The molecule has 0 bridgehead atoms. The zero-order chi connectivity index (χ0) is 11.0.